The third-order valence-electron chi connectivity index (χ3n) is 6.18. The number of para-hydroxylation sites is 2. The third kappa shape index (κ3) is 7.34. The smallest absolute Gasteiger partial charge is 0.219 e. The predicted molar refractivity (Wildman–Crippen MR) is 141 cm³/mol. The molecule has 1 N–H and O–H groups in total. The summed E-state index contributed by atoms with van der Waals surface area (Å²) in [6, 6.07) is 14.9. The van der Waals surface area contributed by atoms with Crippen molar-refractivity contribution in [3.8, 4) is 5.75 Å². The van der Waals surface area contributed by atoms with Crippen LogP contribution in [0.4, 0.5) is 0 Å². The second kappa shape index (κ2) is 13.2. The van der Waals surface area contributed by atoms with Gasteiger partial charge < -0.3 is 14.6 Å². The molecule has 1 heterocycles. The summed E-state index contributed by atoms with van der Waals surface area (Å²) in [4.78, 5) is 16.5. The Balaban J connectivity index is 1.54. The molecule has 3 aromatic rings. The number of unbranched alkanes of at least 4 members (excludes halogenated alkanes) is 2. The first-order valence-electron chi connectivity index (χ1n) is 12.9. The molecule has 3 rings (SSSR count). The highest BCUT2D eigenvalue weighted by Gasteiger charge is 2.11. The van der Waals surface area contributed by atoms with Crippen molar-refractivity contribution in [1.29, 1.82) is 0 Å². The normalized spacial score (nSPS) is 11.3. The molecule has 0 radical (unpaired) electrons. The summed E-state index contributed by atoms with van der Waals surface area (Å²) in [7, 11) is 0. The lowest BCUT2D eigenvalue weighted by Crippen LogP contribution is -2.23. The van der Waals surface area contributed by atoms with Gasteiger partial charge in [-0.25, -0.2) is 4.98 Å². The number of benzene rings is 2. The van der Waals surface area contributed by atoms with Gasteiger partial charge in [0, 0.05) is 25.9 Å². The fourth-order valence-corrected chi connectivity index (χ4v) is 4.34. The van der Waals surface area contributed by atoms with Crippen LogP contribution in [0.2, 0.25) is 0 Å². The number of amides is 1. The molecule has 0 aliphatic carbocycles. The Hall–Kier alpha value is -2.82. The van der Waals surface area contributed by atoms with Gasteiger partial charge in [0.25, 0.3) is 0 Å². The molecular weight excluding hydrogens is 422 g/mol. The van der Waals surface area contributed by atoms with E-state index in [-0.39, 0.29) is 5.91 Å². The van der Waals surface area contributed by atoms with Crippen molar-refractivity contribution in [2.24, 2.45) is 0 Å². The van der Waals surface area contributed by atoms with Crippen LogP contribution in [-0.4, -0.2) is 28.6 Å². The van der Waals surface area contributed by atoms with Gasteiger partial charge in [-0.15, -0.1) is 0 Å². The average molecular weight is 464 g/mol. The fourth-order valence-electron chi connectivity index (χ4n) is 4.34. The average Bonchev–Trinajstić information content (AvgIpc) is 3.16. The summed E-state index contributed by atoms with van der Waals surface area (Å²) in [5.41, 5.74) is 4.76. The molecule has 0 fully saturated rings. The first-order chi connectivity index (χ1) is 16.5. The van der Waals surface area contributed by atoms with Gasteiger partial charge in [-0.2, -0.15) is 0 Å². The molecule has 1 amide bonds. The van der Waals surface area contributed by atoms with Crippen molar-refractivity contribution < 1.29 is 9.53 Å². The molecule has 2 aromatic carbocycles. The highest BCUT2D eigenvalue weighted by Crippen LogP contribution is 2.27. The van der Waals surface area contributed by atoms with Crippen LogP contribution in [0.5, 0.6) is 5.75 Å². The van der Waals surface area contributed by atoms with Crippen LogP contribution >= 0.6 is 0 Å². The second-order valence-corrected chi connectivity index (χ2v) is 9.48. The van der Waals surface area contributed by atoms with Crippen molar-refractivity contribution in [3.63, 3.8) is 0 Å². The third-order valence-corrected chi connectivity index (χ3v) is 6.18. The molecule has 0 saturated carbocycles. The number of nitrogens with zero attached hydrogens (tertiary/aromatic N) is 2. The number of rotatable bonds is 14. The Morgan fingerprint density at radius 2 is 1.91 bits per heavy atom. The molecule has 184 valence electrons. The monoisotopic (exact) mass is 463 g/mol. The summed E-state index contributed by atoms with van der Waals surface area (Å²) >= 11 is 0. The minimum Gasteiger partial charge on any atom is -0.493 e. The van der Waals surface area contributed by atoms with Gasteiger partial charge in [-0.1, -0.05) is 51.5 Å². The summed E-state index contributed by atoms with van der Waals surface area (Å²) in [5.74, 6) is 2.77. The van der Waals surface area contributed by atoms with E-state index in [1.54, 1.807) is 0 Å². The fraction of sp³-hybridized carbons (Fsp3) is 0.517. The molecule has 1 aromatic heterocycles. The zero-order valence-electron chi connectivity index (χ0n) is 21.4. The molecule has 34 heavy (non-hydrogen) atoms. The molecule has 5 nitrogen and oxygen atoms in total. The van der Waals surface area contributed by atoms with Crippen molar-refractivity contribution in [3.05, 3.63) is 59.4 Å². The van der Waals surface area contributed by atoms with Crippen LogP contribution in [0.1, 0.15) is 82.2 Å². The number of aromatic nitrogens is 2. The van der Waals surface area contributed by atoms with Gasteiger partial charge in [-0.05, 0) is 67.9 Å². The van der Waals surface area contributed by atoms with E-state index in [0.29, 0.717) is 18.9 Å². The maximum atomic E-state index is 11.6. The minimum atomic E-state index is 0.165. The standard InChI is InChI=1S/C29H41N3O2/c1-5-12-29(33)30-18-10-6-7-15-28-31-25-13-8-9-14-26(25)32(28)19-11-20-34-27-21-23(4)16-17-24(27)22(2)3/h8-9,13-14,16-17,21-22H,5-7,10-12,15,18-20H2,1-4H3,(H,30,33). The maximum Gasteiger partial charge on any atom is 0.219 e. The number of carbonyl (C=O) groups is 1. The number of hydrogen-bond acceptors (Lipinski definition) is 3. The summed E-state index contributed by atoms with van der Waals surface area (Å²) in [6.07, 6.45) is 6.58. The highest BCUT2D eigenvalue weighted by atomic mass is 16.5. The topological polar surface area (TPSA) is 56.2 Å². The second-order valence-electron chi connectivity index (χ2n) is 9.48. The summed E-state index contributed by atoms with van der Waals surface area (Å²) < 4.78 is 8.59. The predicted octanol–water partition coefficient (Wildman–Crippen LogP) is 6.57. The highest BCUT2D eigenvalue weighted by molar-refractivity contribution is 5.76. The number of imidazole rings is 1. The van der Waals surface area contributed by atoms with Crippen LogP contribution in [0.25, 0.3) is 11.0 Å². The molecule has 0 unspecified atom stereocenters. The van der Waals surface area contributed by atoms with Crippen LogP contribution in [0, 0.1) is 6.92 Å². The van der Waals surface area contributed by atoms with Gasteiger partial charge in [-0.3, -0.25) is 4.79 Å². The van der Waals surface area contributed by atoms with E-state index >= 15 is 0 Å². The zero-order chi connectivity index (χ0) is 24.3. The van der Waals surface area contributed by atoms with Gasteiger partial charge in [0.2, 0.25) is 5.91 Å². The van der Waals surface area contributed by atoms with Crippen LogP contribution < -0.4 is 10.1 Å². The quantitative estimate of drug-likeness (QED) is 0.275. The Labute approximate surface area is 204 Å². The lowest BCUT2D eigenvalue weighted by Gasteiger charge is -2.15. The Morgan fingerprint density at radius 1 is 1.09 bits per heavy atom. The molecule has 5 heteroatoms. The van der Waals surface area contributed by atoms with E-state index in [1.807, 2.05) is 6.92 Å². The van der Waals surface area contributed by atoms with Gasteiger partial charge in [0.1, 0.15) is 11.6 Å². The largest absolute Gasteiger partial charge is 0.493 e. The molecule has 0 aliphatic rings. The number of aryl methyl sites for hydroxylation is 3. The number of hydrogen-bond donors (Lipinski definition) is 1. The van der Waals surface area contributed by atoms with Gasteiger partial charge in [0.05, 0.1) is 17.6 Å². The zero-order valence-corrected chi connectivity index (χ0v) is 21.4. The van der Waals surface area contributed by atoms with Crippen molar-refractivity contribution in [2.45, 2.75) is 85.1 Å². The van der Waals surface area contributed by atoms with Crippen LogP contribution in [0.3, 0.4) is 0 Å². The van der Waals surface area contributed by atoms with Crippen LogP contribution in [0.15, 0.2) is 42.5 Å². The molecular formula is C29H41N3O2. The van der Waals surface area contributed by atoms with E-state index in [2.05, 4.69) is 73.1 Å². The van der Waals surface area contributed by atoms with Gasteiger partial charge >= 0.3 is 0 Å². The first kappa shape index (κ1) is 25.8. The SMILES string of the molecule is CCCC(=O)NCCCCCc1nc2ccccc2n1CCCOc1cc(C)ccc1C(C)C. The van der Waals surface area contributed by atoms with E-state index in [0.717, 1.165) is 68.7 Å². The first-order valence-corrected chi connectivity index (χ1v) is 12.9. The lowest BCUT2D eigenvalue weighted by molar-refractivity contribution is -0.121. The van der Waals surface area contributed by atoms with E-state index in [1.165, 1.54) is 16.6 Å². The molecule has 0 aliphatic heterocycles. The number of fused-ring (bicyclic) bond motifs is 1. The Morgan fingerprint density at radius 3 is 2.71 bits per heavy atom. The number of ether oxygens (including phenoxy) is 1. The molecule has 0 bridgehead atoms. The maximum absolute atomic E-state index is 11.6. The van der Waals surface area contributed by atoms with Crippen molar-refractivity contribution in [2.75, 3.05) is 13.2 Å². The molecule has 0 spiro atoms. The minimum absolute atomic E-state index is 0.165. The Bertz CT molecular complexity index is 1050. The van der Waals surface area contributed by atoms with Crippen molar-refractivity contribution >= 4 is 16.9 Å². The molecule has 0 saturated heterocycles. The number of carbonyl (C=O) groups excluding carboxylic acids is 1. The Kier molecular flexibility index (Phi) is 9.99. The molecule has 0 atom stereocenters. The van der Waals surface area contributed by atoms with Crippen LogP contribution in [-0.2, 0) is 17.8 Å². The van der Waals surface area contributed by atoms with E-state index in [9.17, 15) is 4.79 Å². The number of nitrogens with one attached hydrogen (secondary N) is 1. The van der Waals surface area contributed by atoms with Crippen molar-refractivity contribution in [1.82, 2.24) is 14.9 Å². The van der Waals surface area contributed by atoms with E-state index in [4.69, 9.17) is 9.72 Å². The lowest BCUT2D eigenvalue weighted by atomic mass is 10.0. The summed E-state index contributed by atoms with van der Waals surface area (Å²) in [5, 5.41) is 3.00. The summed E-state index contributed by atoms with van der Waals surface area (Å²) in [6.45, 7) is 10.9. The van der Waals surface area contributed by atoms with E-state index < -0.39 is 0 Å². The van der Waals surface area contributed by atoms with Gasteiger partial charge in [0.15, 0.2) is 0 Å².